The van der Waals surface area contributed by atoms with Crippen molar-refractivity contribution in [3.8, 4) is 0 Å². The second-order valence-electron chi connectivity index (χ2n) is 5.37. The fourth-order valence-corrected chi connectivity index (χ4v) is 2.91. The highest BCUT2D eigenvalue weighted by Gasteiger charge is 2.20. The number of hydrogen-bond acceptors (Lipinski definition) is 3. The molecule has 0 unspecified atom stereocenters. The molecule has 1 N–H and O–H groups in total. The Morgan fingerprint density at radius 3 is 2.95 bits per heavy atom. The van der Waals surface area contributed by atoms with Gasteiger partial charge in [-0.15, -0.1) is 0 Å². The Kier molecular flexibility index (Phi) is 3.25. The third kappa shape index (κ3) is 2.13. The van der Waals surface area contributed by atoms with Crippen molar-refractivity contribution in [2.24, 2.45) is 0 Å². The number of pyridine rings is 1. The van der Waals surface area contributed by atoms with E-state index in [9.17, 15) is 5.11 Å². The van der Waals surface area contributed by atoms with Gasteiger partial charge in [-0.25, -0.2) is 0 Å². The maximum Gasteiger partial charge on any atom is 0.0709 e. The average molecular weight is 256 g/mol. The molecule has 0 aliphatic carbocycles. The first-order valence-electron chi connectivity index (χ1n) is 6.95. The lowest BCUT2D eigenvalue weighted by atomic mass is 9.95. The van der Waals surface area contributed by atoms with Gasteiger partial charge in [0.25, 0.3) is 0 Å². The van der Waals surface area contributed by atoms with Crippen LogP contribution in [0.4, 0.5) is 0 Å². The quantitative estimate of drug-likeness (QED) is 0.895. The SMILES string of the molecule is CCc1ccc2nc3c(c(CO)c2c1)CN(C)CC3. The molecule has 3 nitrogen and oxygen atoms in total. The van der Waals surface area contributed by atoms with Gasteiger partial charge in [-0.05, 0) is 42.3 Å². The molecule has 1 aliphatic heterocycles. The van der Waals surface area contributed by atoms with Gasteiger partial charge in [-0.1, -0.05) is 13.0 Å². The number of aliphatic hydroxyl groups is 1. The highest BCUT2D eigenvalue weighted by Crippen LogP contribution is 2.28. The lowest BCUT2D eigenvalue weighted by Crippen LogP contribution is -2.28. The lowest BCUT2D eigenvalue weighted by Gasteiger charge is -2.27. The van der Waals surface area contributed by atoms with E-state index in [0.29, 0.717) is 0 Å². The second kappa shape index (κ2) is 4.91. The minimum absolute atomic E-state index is 0.0996. The van der Waals surface area contributed by atoms with E-state index < -0.39 is 0 Å². The van der Waals surface area contributed by atoms with Gasteiger partial charge in [-0.2, -0.15) is 0 Å². The third-order valence-corrected chi connectivity index (χ3v) is 4.08. The first-order valence-corrected chi connectivity index (χ1v) is 6.95. The van der Waals surface area contributed by atoms with E-state index in [1.165, 1.54) is 16.8 Å². The highest BCUT2D eigenvalue weighted by atomic mass is 16.3. The van der Waals surface area contributed by atoms with Gasteiger partial charge in [0.2, 0.25) is 0 Å². The number of fused-ring (bicyclic) bond motifs is 2. The van der Waals surface area contributed by atoms with Gasteiger partial charge >= 0.3 is 0 Å². The molecule has 19 heavy (non-hydrogen) atoms. The van der Waals surface area contributed by atoms with Gasteiger partial charge in [0.1, 0.15) is 0 Å². The van der Waals surface area contributed by atoms with Crippen LogP contribution in [-0.2, 0) is 26.0 Å². The van der Waals surface area contributed by atoms with Crippen LogP contribution in [0.3, 0.4) is 0 Å². The molecule has 0 radical (unpaired) electrons. The summed E-state index contributed by atoms with van der Waals surface area (Å²) in [5.41, 5.74) is 5.79. The number of nitrogens with zero attached hydrogens (tertiary/aromatic N) is 2. The maximum atomic E-state index is 9.80. The topological polar surface area (TPSA) is 36.4 Å². The minimum atomic E-state index is 0.0996. The Labute approximate surface area is 113 Å². The molecule has 0 spiro atoms. The Hall–Kier alpha value is -1.45. The molecular formula is C16H20N2O. The van der Waals surface area contributed by atoms with E-state index in [2.05, 4.69) is 37.1 Å². The van der Waals surface area contributed by atoms with Crippen molar-refractivity contribution in [2.75, 3.05) is 13.6 Å². The molecule has 2 aromatic rings. The Bertz CT molecular complexity index is 622. The van der Waals surface area contributed by atoms with Crippen molar-refractivity contribution in [2.45, 2.75) is 32.9 Å². The molecule has 0 fully saturated rings. The van der Waals surface area contributed by atoms with Crippen LogP contribution in [0, 0.1) is 0 Å². The number of hydrogen-bond donors (Lipinski definition) is 1. The van der Waals surface area contributed by atoms with Crippen LogP contribution in [0.15, 0.2) is 18.2 Å². The van der Waals surface area contributed by atoms with Gasteiger partial charge in [0.15, 0.2) is 0 Å². The lowest BCUT2D eigenvalue weighted by molar-refractivity contribution is 0.271. The molecule has 1 aromatic heterocycles. The van der Waals surface area contributed by atoms with E-state index >= 15 is 0 Å². The van der Waals surface area contributed by atoms with Crippen LogP contribution < -0.4 is 0 Å². The molecular weight excluding hydrogens is 236 g/mol. The zero-order valence-electron chi connectivity index (χ0n) is 11.6. The molecule has 100 valence electrons. The van der Waals surface area contributed by atoms with Crippen molar-refractivity contribution < 1.29 is 5.11 Å². The number of aliphatic hydroxyl groups excluding tert-OH is 1. The summed E-state index contributed by atoms with van der Waals surface area (Å²) in [6.45, 7) is 4.19. The smallest absolute Gasteiger partial charge is 0.0709 e. The summed E-state index contributed by atoms with van der Waals surface area (Å²) < 4.78 is 0. The van der Waals surface area contributed by atoms with Crippen molar-refractivity contribution in [3.05, 3.63) is 40.6 Å². The molecule has 1 aromatic carbocycles. The molecule has 3 heteroatoms. The maximum absolute atomic E-state index is 9.80. The summed E-state index contributed by atoms with van der Waals surface area (Å²) in [7, 11) is 2.12. The summed E-state index contributed by atoms with van der Waals surface area (Å²) in [6.07, 6.45) is 1.99. The number of rotatable bonds is 2. The summed E-state index contributed by atoms with van der Waals surface area (Å²) >= 11 is 0. The van der Waals surface area contributed by atoms with Gasteiger partial charge < -0.3 is 10.0 Å². The van der Waals surface area contributed by atoms with Crippen molar-refractivity contribution in [1.29, 1.82) is 0 Å². The second-order valence-corrected chi connectivity index (χ2v) is 5.37. The summed E-state index contributed by atoms with van der Waals surface area (Å²) in [4.78, 5) is 7.09. The number of aromatic nitrogens is 1. The normalized spacial score (nSPS) is 15.7. The van der Waals surface area contributed by atoms with Crippen LogP contribution in [0.2, 0.25) is 0 Å². The zero-order valence-corrected chi connectivity index (χ0v) is 11.6. The molecule has 0 amide bonds. The van der Waals surface area contributed by atoms with E-state index in [1.807, 2.05) is 0 Å². The van der Waals surface area contributed by atoms with Crippen LogP contribution >= 0.6 is 0 Å². The monoisotopic (exact) mass is 256 g/mol. The standard InChI is InChI=1S/C16H20N2O/c1-3-11-4-5-15-12(8-11)14(10-19)13-9-18(2)7-6-16(13)17-15/h4-5,8,19H,3,6-7,9-10H2,1-2H3. The van der Waals surface area contributed by atoms with Crippen LogP contribution in [0.5, 0.6) is 0 Å². The first-order chi connectivity index (χ1) is 9.22. The Balaban J connectivity index is 2.27. The summed E-state index contributed by atoms with van der Waals surface area (Å²) in [5, 5.41) is 10.9. The largest absolute Gasteiger partial charge is 0.392 e. The average Bonchev–Trinajstić information content (AvgIpc) is 2.44. The van der Waals surface area contributed by atoms with Crippen LogP contribution in [-0.4, -0.2) is 28.6 Å². The fraction of sp³-hybridized carbons (Fsp3) is 0.438. The number of likely N-dealkylation sites (N-methyl/N-ethyl adjacent to an activating group) is 1. The molecule has 3 rings (SSSR count). The van der Waals surface area contributed by atoms with Gasteiger partial charge in [0.05, 0.1) is 12.1 Å². The van der Waals surface area contributed by atoms with E-state index in [0.717, 1.165) is 42.4 Å². The van der Waals surface area contributed by atoms with E-state index in [-0.39, 0.29) is 6.61 Å². The van der Waals surface area contributed by atoms with Crippen molar-refractivity contribution in [3.63, 3.8) is 0 Å². The number of aryl methyl sites for hydroxylation is 1. The van der Waals surface area contributed by atoms with E-state index in [4.69, 9.17) is 4.98 Å². The van der Waals surface area contributed by atoms with Gasteiger partial charge in [0, 0.05) is 30.6 Å². The van der Waals surface area contributed by atoms with E-state index in [1.54, 1.807) is 0 Å². The predicted molar refractivity (Wildman–Crippen MR) is 77.1 cm³/mol. The zero-order chi connectivity index (χ0) is 13.4. The van der Waals surface area contributed by atoms with Crippen LogP contribution in [0.25, 0.3) is 10.9 Å². The summed E-state index contributed by atoms with van der Waals surface area (Å²) in [6, 6.07) is 6.41. The molecule has 0 saturated heterocycles. The molecule has 0 saturated carbocycles. The molecule has 0 atom stereocenters. The fourth-order valence-electron chi connectivity index (χ4n) is 2.91. The minimum Gasteiger partial charge on any atom is -0.392 e. The summed E-state index contributed by atoms with van der Waals surface area (Å²) in [5.74, 6) is 0. The first kappa shape index (κ1) is 12.6. The molecule has 2 heterocycles. The molecule has 1 aliphatic rings. The van der Waals surface area contributed by atoms with Crippen molar-refractivity contribution in [1.82, 2.24) is 9.88 Å². The van der Waals surface area contributed by atoms with Gasteiger partial charge in [-0.3, -0.25) is 4.98 Å². The predicted octanol–water partition coefficient (Wildman–Crippen LogP) is 2.28. The molecule has 0 bridgehead atoms. The Morgan fingerprint density at radius 1 is 1.37 bits per heavy atom. The highest BCUT2D eigenvalue weighted by molar-refractivity contribution is 5.84. The Morgan fingerprint density at radius 2 is 2.21 bits per heavy atom. The third-order valence-electron chi connectivity index (χ3n) is 4.08. The van der Waals surface area contributed by atoms with Crippen molar-refractivity contribution >= 4 is 10.9 Å². The number of benzene rings is 1. The van der Waals surface area contributed by atoms with Crippen LogP contribution in [0.1, 0.15) is 29.3 Å².